The maximum Gasteiger partial charge on any atom is 0.0936 e. The lowest BCUT2D eigenvalue weighted by Gasteiger charge is -2.27. The molecule has 0 radical (unpaired) electrons. The first-order chi connectivity index (χ1) is 9.65. The molecule has 20 heavy (non-hydrogen) atoms. The summed E-state index contributed by atoms with van der Waals surface area (Å²) in [7, 11) is 2.25. The SMILES string of the molecule is CN1C2CCC1CN(CC(O)c1ccccc1N)CC2. The Labute approximate surface area is 121 Å². The van der Waals surface area contributed by atoms with E-state index in [0.29, 0.717) is 18.3 Å². The minimum atomic E-state index is -0.488. The molecule has 1 aromatic carbocycles. The zero-order chi connectivity index (χ0) is 14.1. The van der Waals surface area contributed by atoms with Crippen molar-refractivity contribution in [3.05, 3.63) is 29.8 Å². The van der Waals surface area contributed by atoms with E-state index in [2.05, 4.69) is 16.8 Å². The van der Waals surface area contributed by atoms with Crippen molar-refractivity contribution in [3.63, 3.8) is 0 Å². The second-order valence-electron chi connectivity index (χ2n) is 6.24. The van der Waals surface area contributed by atoms with Crippen LogP contribution in [0.3, 0.4) is 0 Å². The molecule has 3 atom stereocenters. The standard InChI is InChI=1S/C16H25N3O/c1-18-12-6-7-13(18)10-19(9-8-12)11-16(20)14-4-2-3-5-15(14)17/h2-5,12-13,16,20H,6-11,17H2,1H3. The van der Waals surface area contributed by atoms with Gasteiger partial charge in [0.2, 0.25) is 0 Å². The fraction of sp³-hybridized carbons (Fsp3) is 0.625. The van der Waals surface area contributed by atoms with Gasteiger partial charge >= 0.3 is 0 Å². The smallest absolute Gasteiger partial charge is 0.0936 e. The lowest BCUT2D eigenvalue weighted by atomic mass is 10.0. The molecule has 0 amide bonds. The van der Waals surface area contributed by atoms with Crippen LogP contribution in [0, 0.1) is 0 Å². The molecule has 3 N–H and O–H groups in total. The molecule has 1 aromatic rings. The van der Waals surface area contributed by atoms with Crippen molar-refractivity contribution in [3.8, 4) is 0 Å². The third-order valence-electron chi connectivity index (χ3n) is 5.02. The van der Waals surface area contributed by atoms with Gasteiger partial charge in [-0.3, -0.25) is 9.80 Å². The summed E-state index contributed by atoms with van der Waals surface area (Å²) in [4.78, 5) is 4.93. The van der Waals surface area contributed by atoms with Crippen molar-refractivity contribution in [2.24, 2.45) is 0 Å². The first-order valence-electron chi connectivity index (χ1n) is 7.62. The van der Waals surface area contributed by atoms with Crippen LogP contribution in [-0.4, -0.2) is 53.7 Å². The Balaban J connectivity index is 1.65. The number of hydrogen-bond donors (Lipinski definition) is 2. The summed E-state index contributed by atoms with van der Waals surface area (Å²) < 4.78 is 0. The van der Waals surface area contributed by atoms with Gasteiger partial charge in [-0.1, -0.05) is 18.2 Å². The highest BCUT2D eigenvalue weighted by Crippen LogP contribution is 2.29. The van der Waals surface area contributed by atoms with Crippen LogP contribution in [0.25, 0.3) is 0 Å². The minimum absolute atomic E-state index is 0.488. The van der Waals surface area contributed by atoms with Crippen molar-refractivity contribution in [1.82, 2.24) is 9.80 Å². The Morgan fingerprint density at radius 3 is 2.80 bits per heavy atom. The van der Waals surface area contributed by atoms with E-state index in [9.17, 15) is 5.11 Å². The number of nitrogens with zero attached hydrogens (tertiary/aromatic N) is 2. The quantitative estimate of drug-likeness (QED) is 0.820. The lowest BCUT2D eigenvalue weighted by molar-refractivity contribution is 0.107. The summed E-state index contributed by atoms with van der Waals surface area (Å²) in [5, 5.41) is 10.4. The Morgan fingerprint density at radius 2 is 2.00 bits per heavy atom. The van der Waals surface area contributed by atoms with Crippen molar-refractivity contribution >= 4 is 5.69 Å². The highest BCUT2D eigenvalue weighted by molar-refractivity contribution is 5.47. The molecule has 2 saturated heterocycles. The number of aliphatic hydroxyl groups is 1. The van der Waals surface area contributed by atoms with Crippen LogP contribution < -0.4 is 5.73 Å². The monoisotopic (exact) mass is 275 g/mol. The molecule has 2 aliphatic heterocycles. The summed E-state index contributed by atoms with van der Waals surface area (Å²) in [6, 6.07) is 9.03. The van der Waals surface area contributed by atoms with Gasteiger partial charge in [-0.2, -0.15) is 0 Å². The van der Waals surface area contributed by atoms with Crippen LogP contribution in [0.1, 0.15) is 30.9 Å². The average Bonchev–Trinajstić information content (AvgIpc) is 2.67. The van der Waals surface area contributed by atoms with Gasteiger partial charge in [-0.15, -0.1) is 0 Å². The third kappa shape index (κ3) is 2.68. The van der Waals surface area contributed by atoms with Gasteiger partial charge < -0.3 is 10.8 Å². The number of rotatable bonds is 3. The molecule has 3 rings (SSSR count). The summed E-state index contributed by atoms with van der Waals surface area (Å²) in [6.45, 7) is 2.83. The number of para-hydroxylation sites is 1. The van der Waals surface area contributed by atoms with Gasteiger partial charge in [0.1, 0.15) is 0 Å². The van der Waals surface area contributed by atoms with E-state index in [1.165, 1.54) is 19.3 Å². The Kier molecular flexibility index (Phi) is 3.96. The van der Waals surface area contributed by atoms with Crippen LogP contribution >= 0.6 is 0 Å². The average molecular weight is 275 g/mol. The van der Waals surface area contributed by atoms with E-state index in [1.807, 2.05) is 24.3 Å². The molecule has 2 bridgehead atoms. The Bertz CT molecular complexity index is 465. The van der Waals surface area contributed by atoms with Gasteiger partial charge in [0, 0.05) is 36.4 Å². The zero-order valence-electron chi connectivity index (χ0n) is 12.2. The maximum atomic E-state index is 10.4. The molecule has 4 heteroatoms. The van der Waals surface area contributed by atoms with Gasteiger partial charge in [0.25, 0.3) is 0 Å². The van der Waals surface area contributed by atoms with E-state index in [0.717, 1.165) is 24.7 Å². The fourth-order valence-corrected chi connectivity index (χ4v) is 3.70. The van der Waals surface area contributed by atoms with Gasteiger partial charge in [-0.25, -0.2) is 0 Å². The molecule has 110 valence electrons. The minimum Gasteiger partial charge on any atom is -0.398 e. The van der Waals surface area contributed by atoms with Crippen LogP contribution in [0.5, 0.6) is 0 Å². The predicted molar refractivity (Wildman–Crippen MR) is 81.4 cm³/mol. The number of nitrogen functional groups attached to an aromatic ring is 1. The number of β-amino-alcohol motifs (C(OH)–C–C–N with tert-alkyl or cyclic N) is 1. The maximum absolute atomic E-state index is 10.4. The van der Waals surface area contributed by atoms with Crippen LogP contribution in [0.15, 0.2) is 24.3 Å². The summed E-state index contributed by atoms with van der Waals surface area (Å²) in [5.74, 6) is 0. The highest BCUT2D eigenvalue weighted by Gasteiger charge is 2.35. The van der Waals surface area contributed by atoms with Crippen LogP contribution in [-0.2, 0) is 0 Å². The molecule has 0 aromatic heterocycles. The number of hydrogen-bond acceptors (Lipinski definition) is 4. The van der Waals surface area contributed by atoms with Gasteiger partial charge in [0.05, 0.1) is 6.10 Å². The van der Waals surface area contributed by atoms with E-state index in [-0.39, 0.29) is 0 Å². The summed E-state index contributed by atoms with van der Waals surface area (Å²) >= 11 is 0. The first-order valence-corrected chi connectivity index (χ1v) is 7.62. The predicted octanol–water partition coefficient (Wildman–Crippen LogP) is 1.47. The number of likely N-dealkylation sites (tertiary alicyclic amines) is 1. The molecule has 2 aliphatic rings. The largest absolute Gasteiger partial charge is 0.398 e. The molecule has 3 unspecified atom stereocenters. The first kappa shape index (κ1) is 13.9. The second kappa shape index (κ2) is 5.72. The number of aliphatic hydroxyl groups excluding tert-OH is 1. The number of benzene rings is 1. The molecule has 0 aliphatic carbocycles. The molecular formula is C16H25N3O. The summed E-state index contributed by atoms with van der Waals surface area (Å²) in [5.41, 5.74) is 7.50. The molecule has 4 nitrogen and oxygen atoms in total. The lowest BCUT2D eigenvalue weighted by Crippen LogP contribution is -2.38. The van der Waals surface area contributed by atoms with Crippen molar-refractivity contribution in [2.45, 2.75) is 37.5 Å². The number of anilines is 1. The van der Waals surface area contributed by atoms with Crippen LogP contribution in [0.4, 0.5) is 5.69 Å². The molecular weight excluding hydrogens is 250 g/mol. The van der Waals surface area contributed by atoms with Crippen molar-refractivity contribution < 1.29 is 5.11 Å². The third-order valence-corrected chi connectivity index (χ3v) is 5.02. The Morgan fingerprint density at radius 1 is 1.25 bits per heavy atom. The number of fused-ring (bicyclic) bond motifs is 2. The van der Waals surface area contributed by atoms with Gasteiger partial charge in [-0.05, 0) is 38.9 Å². The van der Waals surface area contributed by atoms with E-state index in [1.54, 1.807) is 0 Å². The van der Waals surface area contributed by atoms with E-state index >= 15 is 0 Å². The van der Waals surface area contributed by atoms with Crippen molar-refractivity contribution in [2.75, 3.05) is 32.4 Å². The molecule has 2 fully saturated rings. The molecule has 0 saturated carbocycles. The molecule has 2 heterocycles. The van der Waals surface area contributed by atoms with Gasteiger partial charge in [0.15, 0.2) is 0 Å². The number of nitrogens with two attached hydrogens (primary N) is 1. The Hall–Kier alpha value is -1.10. The highest BCUT2D eigenvalue weighted by atomic mass is 16.3. The zero-order valence-corrected chi connectivity index (χ0v) is 12.2. The topological polar surface area (TPSA) is 52.7 Å². The van der Waals surface area contributed by atoms with Crippen LogP contribution in [0.2, 0.25) is 0 Å². The molecule has 0 spiro atoms. The van der Waals surface area contributed by atoms with E-state index in [4.69, 9.17) is 5.73 Å². The summed E-state index contributed by atoms with van der Waals surface area (Å²) in [6.07, 6.45) is 3.35. The van der Waals surface area contributed by atoms with E-state index < -0.39 is 6.10 Å². The fourth-order valence-electron chi connectivity index (χ4n) is 3.70. The second-order valence-corrected chi connectivity index (χ2v) is 6.24. The number of likely N-dealkylation sites (N-methyl/N-ethyl adjacent to an activating group) is 1. The normalized spacial score (nSPS) is 29.3. The van der Waals surface area contributed by atoms with Crippen molar-refractivity contribution in [1.29, 1.82) is 0 Å².